The molecule has 0 fully saturated rings. The lowest BCUT2D eigenvalue weighted by atomic mass is 9.72. The van der Waals surface area contributed by atoms with Gasteiger partial charge in [0, 0.05) is 18.1 Å². The SMILES string of the molecule is CCO[C@@H]1Oc2cc(C)oc(=O)c2[C@]2(C)C=CC(=O)[C@H]12. The highest BCUT2D eigenvalue weighted by molar-refractivity contribution is 5.97. The van der Waals surface area contributed by atoms with E-state index in [2.05, 4.69) is 0 Å². The number of ether oxygens (including phenoxy) is 2. The summed E-state index contributed by atoms with van der Waals surface area (Å²) in [5, 5.41) is 0. The lowest BCUT2D eigenvalue weighted by Crippen LogP contribution is -2.49. The van der Waals surface area contributed by atoms with Crippen LogP contribution < -0.4 is 10.4 Å². The second kappa shape index (κ2) is 4.31. The first-order valence-electron chi connectivity index (χ1n) is 6.64. The van der Waals surface area contributed by atoms with Gasteiger partial charge in [-0.05, 0) is 19.9 Å². The van der Waals surface area contributed by atoms with Crippen molar-refractivity contribution in [2.75, 3.05) is 6.61 Å². The Morgan fingerprint density at radius 3 is 2.85 bits per heavy atom. The molecule has 2 heterocycles. The molecule has 0 amide bonds. The van der Waals surface area contributed by atoms with Crippen molar-refractivity contribution in [1.29, 1.82) is 0 Å². The van der Waals surface area contributed by atoms with E-state index >= 15 is 0 Å². The van der Waals surface area contributed by atoms with E-state index in [0.29, 0.717) is 23.7 Å². The molecule has 0 spiro atoms. The van der Waals surface area contributed by atoms with E-state index in [1.807, 2.05) is 13.8 Å². The maximum atomic E-state index is 12.2. The molecular weight excluding hydrogens is 260 g/mol. The summed E-state index contributed by atoms with van der Waals surface area (Å²) in [7, 11) is 0. The summed E-state index contributed by atoms with van der Waals surface area (Å²) in [6, 6.07) is 1.67. The van der Waals surface area contributed by atoms with Gasteiger partial charge in [-0.25, -0.2) is 4.79 Å². The average molecular weight is 276 g/mol. The molecule has 0 saturated heterocycles. The van der Waals surface area contributed by atoms with Crippen molar-refractivity contribution in [2.24, 2.45) is 5.92 Å². The maximum Gasteiger partial charge on any atom is 0.343 e. The van der Waals surface area contributed by atoms with Gasteiger partial charge in [0.2, 0.25) is 6.29 Å². The van der Waals surface area contributed by atoms with Crippen LogP contribution in [0.1, 0.15) is 25.2 Å². The van der Waals surface area contributed by atoms with Crippen molar-refractivity contribution < 1.29 is 18.7 Å². The Morgan fingerprint density at radius 2 is 2.15 bits per heavy atom. The number of rotatable bonds is 2. The van der Waals surface area contributed by atoms with Crippen molar-refractivity contribution in [2.45, 2.75) is 32.5 Å². The number of hydrogen-bond donors (Lipinski definition) is 0. The molecule has 1 aliphatic heterocycles. The van der Waals surface area contributed by atoms with Crippen LogP contribution in [-0.4, -0.2) is 18.7 Å². The van der Waals surface area contributed by atoms with Crippen LogP contribution in [0.25, 0.3) is 0 Å². The van der Waals surface area contributed by atoms with E-state index in [4.69, 9.17) is 13.9 Å². The molecule has 0 radical (unpaired) electrons. The van der Waals surface area contributed by atoms with Crippen LogP contribution in [0.3, 0.4) is 0 Å². The van der Waals surface area contributed by atoms with Crippen molar-refractivity contribution >= 4 is 5.78 Å². The van der Waals surface area contributed by atoms with Gasteiger partial charge >= 0.3 is 5.63 Å². The van der Waals surface area contributed by atoms with E-state index in [-0.39, 0.29) is 5.78 Å². The Balaban J connectivity index is 2.22. The molecule has 2 aliphatic rings. The summed E-state index contributed by atoms with van der Waals surface area (Å²) in [6.45, 7) is 5.80. The molecule has 1 aliphatic carbocycles. The third-order valence-electron chi connectivity index (χ3n) is 3.97. The van der Waals surface area contributed by atoms with Gasteiger partial charge in [0.05, 0.1) is 11.5 Å². The van der Waals surface area contributed by atoms with E-state index in [9.17, 15) is 9.59 Å². The van der Waals surface area contributed by atoms with Crippen LogP contribution in [-0.2, 0) is 14.9 Å². The summed E-state index contributed by atoms with van der Waals surface area (Å²) in [5.74, 6) is 0.284. The van der Waals surface area contributed by atoms with Gasteiger partial charge in [-0.1, -0.05) is 13.0 Å². The van der Waals surface area contributed by atoms with E-state index in [0.717, 1.165) is 0 Å². The summed E-state index contributed by atoms with van der Waals surface area (Å²) in [5.41, 5.74) is -0.799. The fourth-order valence-corrected chi connectivity index (χ4v) is 3.06. The molecule has 0 unspecified atom stereocenters. The molecule has 106 valence electrons. The summed E-state index contributed by atoms with van der Waals surface area (Å²) >= 11 is 0. The topological polar surface area (TPSA) is 65.7 Å². The Morgan fingerprint density at radius 1 is 1.40 bits per heavy atom. The highest BCUT2D eigenvalue weighted by Gasteiger charge is 2.54. The number of aryl methyl sites for hydroxylation is 1. The largest absolute Gasteiger partial charge is 0.463 e. The van der Waals surface area contributed by atoms with Gasteiger partial charge in [-0.15, -0.1) is 0 Å². The summed E-state index contributed by atoms with van der Waals surface area (Å²) in [4.78, 5) is 24.3. The average Bonchev–Trinajstić information content (AvgIpc) is 2.65. The Kier molecular flexibility index (Phi) is 2.83. The van der Waals surface area contributed by atoms with Crippen LogP contribution in [0, 0.1) is 12.8 Å². The third kappa shape index (κ3) is 1.66. The van der Waals surface area contributed by atoms with Gasteiger partial charge in [0.15, 0.2) is 5.78 Å². The predicted molar refractivity (Wildman–Crippen MR) is 70.7 cm³/mol. The van der Waals surface area contributed by atoms with Gasteiger partial charge in [0.1, 0.15) is 11.5 Å². The lowest BCUT2D eigenvalue weighted by molar-refractivity contribution is -0.152. The minimum atomic E-state index is -0.737. The molecule has 3 atom stereocenters. The normalized spacial score (nSPS) is 30.9. The molecule has 20 heavy (non-hydrogen) atoms. The zero-order valence-electron chi connectivity index (χ0n) is 11.6. The highest BCUT2D eigenvalue weighted by Crippen LogP contribution is 2.47. The number of carbonyl (C=O) groups excluding carboxylic acids is 1. The second-order valence-electron chi connectivity index (χ2n) is 5.32. The molecule has 0 aromatic carbocycles. The standard InChI is InChI=1S/C15H16O5/c1-4-18-14-11-9(16)5-6-15(11,3)12-10(20-14)7-8(2)19-13(12)17/h5-7,11,14H,4H2,1-3H3/t11-,14-,15-/m1/s1. The first-order chi connectivity index (χ1) is 9.47. The van der Waals surface area contributed by atoms with Crippen LogP contribution >= 0.6 is 0 Å². The quantitative estimate of drug-likeness (QED) is 0.822. The lowest BCUT2D eigenvalue weighted by Gasteiger charge is -2.40. The maximum absolute atomic E-state index is 12.2. The number of hydrogen-bond acceptors (Lipinski definition) is 5. The van der Waals surface area contributed by atoms with Crippen molar-refractivity contribution in [3.8, 4) is 5.75 Å². The summed E-state index contributed by atoms with van der Waals surface area (Å²) in [6.07, 6.45) is 2.56. The van der Waals surface area contributed by atoms with Crippen molar-refractivity contribution in [1.82, 2.24) is 0 Å². The highest BCUT2D eigenvalue weighted by atomic mass is 16.7. The van der Waals surface area contributed by atoms with Gasteiger partial charge in [-0.3, -0.25) is 4.79 Å². The minimum Gasteiger partial charge on any atom is -0.463 e. The second-order valence-corrected chi connectivity index (χ2v) is 5.32. The van der Waals surface area contributed by atoms with Crippen LogP contribution in [0.5, 0.6) is 5.75 Å². The number of fused-ring (bicyclic) bond motifs is 3. The molecular formula is C15H16O5. The van der Waals surface area contributed by atoms with Crippen molar-refractivity contribution in [3.05, 3.63) is 40.0 Å². The van der Waals surface area contributed by atoms with Gasteiger partial charge < -0.3 is 13.9 Å². The first-order valence-corrected chi connectivity index (χ1v) is 6.64. The summed E-state index contributed by atoms with van der Waals surface area (Å²) < 4.78 is 16.5. The third-order valence-corrected chi connectivity index (χ3v) is 3.97. The fraction of sp³-hybridized carbons (Fsp3) is 0.467. The molecule has 0 saturated carbocycles. The van der Waals surface area contributed by atoms with E-state index < -0.39 is 23.2 Å². The smallest absolute Gasteiger partial charge is 0.343 e. The van der Waals surface area contributed by atoms with E-state index in [1.54, 1.807) is 19.1 Å². The Bertz CT molecular complexity index is 657. The van der Waals surface area contributed by atoms with Crippen LogP contribution in [0.2, 0.25) is 0 Å². The Labute approximate surface area is 116 Å². The minimum absolute atomic E-state index is 0.0865. The van der Waals surface area contributed by atoms with Gasteiger partial charge in [0.25, 0.3) is 0 Å². The van der Waals surface area contributed by atoms with Crippen molar-refractivity contribution in [3.63, 3.8) is 0 Å². The number of ketones is 1. The fourth-order valence-electron chi connectivity index (χ4n) is 3.06. The Hall–Kier alpha value is -1.88. The zero-order chi connectivity index (χ0) is 14.5. The molecule has 5 nitrogen and oxygen atoms in total. The predicted octanol–water partition coefficient (Wildman–Crippen LogP) is 1.72. The molecule has 5 heteroatoms. The first kappa shape index (κ1) is 13.1. The molecule has 0 N–H and O–H groups in total. The van der Waals surface area contributed by atoms with Crippen LogP contribution in [0.15, 0.2) is 27.4 Å². The monoisotopic (exact) mass is 276 g/mol. The molecule has 1 aromatic rings. The number of carbonyl (C=O) groups is 1. The van der Waals surface area contributed by atoms with Gasteiger partial charge in [-0.2, -0.15) is 0 Å². The van der Waals surface area contributed by atoms with Crippen LogP contribution in [0.4, 0.5) is 0 Å². The molecule has 3 rings (SSSR count). The molecule has 1 aromatic heterocycles. The molecule has 0 bridgehead atoms. The number of allylic oxidation sites excluding steroid dienone is 2. The van der Waals surface area contributed by atoms with E-state index in [1.165, 1.54) is 6.08 Å². The zero-order valence-corrected chi connectivity index (χ0v) is 11.6.